The summed E-state index contributed by atoms with van der Waals surface area (Å²) in [7, 11) is 1.85. The number of piperidine rings is 1. The first kappa shape index (κ1) is 17.0. The molecule has 1 fully saturated rings. The Morgan fingerprint density at radius 1 is 1.42 bits per heavy atom. The summed E-state index contributed by atoms with van der Waals surface area (Å²) in [5.74, 6) is -0.0904. The molecule has 0 unspecified atom stereocenters. The van der Waals surface area contributed by atoms with Crippen LogP contribution in [-0.2, 0) is 6.42 Å². The van der Waals surface area contributed by atoms with E-state index >= 15 is 0 Å². The number of likely N-dealkylation sites (N-methyl/N-ethyl adjacent to an activating group) is 1. The zero-order valence-electron chi connectivity index (χ0n) is 13.9. The van der Waals surface area contributed by atoms with Gasteiger partial charge in [0.1, 0.15) is 5.69 Å². The number of rotatable bonds is 5. The highest BCUT2D eigenvalue weighted by molar-refractivity contribution is 6.33. The van der Waals surface area contributed by atoms with Crippen LogP contribution in [0.3, 0.4) is 0 Å². The number of hydrogen-bond donors (Lipinski definition) is 1. The van der Waals surface area contributed by atoms with Crippen molar-refractivity contribution < 1.29 is 4.79 Å². The molecule has 1 saturated heterocycles. The summed E-state index contributed by atoms with van der Waals surface area (Å²) < 4.78 is 0. The van der Waals surface area contributed by atoms with Crippen LogP contribution in [0, 0.1) is 0 Å². The third kappa shape index (κ3) is 3.97. The molecule has 0 bridgehead atoms. The maximum atomic E-state index is 12.6. The lowest BCUT2D eigenvalue weighted by Crippen LogP contribution is -2.49. The second kappa shape index (κ2) is 7.81. The van der Waals surface area contributed by atoms with Gasteiger partial charge in [0, 0.05) is 26.2 Å². The Balaban J connectivity index is 1.56. The third-order valence-electron chi connectivity index (χ3n) is 4.72. The van der Waals surface area contributed by atoms with Crippen molar-refractivity contribution in [3.8, 4) is 0 Å². The maximum absolute atomic E-state index is 12.6. The molecular formula is C18H23ClN4O. The van der Waals surface area contributed by atoms with Crippen LogP contribution in [-0.4, -0.2) is 58.6 Å². The average molecular weight is 347 g/mol. The Labute approximate surface area is 147 Å². The van der Waals surface area contributed by atoms with Crippen molar-refractivity contribution in [2.75, 3.05) is 26.7 Å². The van der Waals surface area contributed by atoms with Crippen LogP contribution in [0.2, 0.25) is 5.02 Å². The number of carbonyl (C=O) groups excluding carboxylic acids is 1. The van der Waals surface area contributed by atoms with Gasteiger partial charge in [-0.1, -0.05) is 41.9 Å². The number of halogens is 1. The first-order valence-corrected chi connectivity index (χ1v) is 8.75. The normalized spacial score (nSPS) is 18.5. The van der Waals surface area contributed by atoms with Gasteiger partial charge >= 0.3 is 0 Å². The fourth-order valence-electron chi connectivity index (χ4n) is 3.25. The van der Waals surface area contributed by atoms with E-state index in [-0.39, 0.29) is 11.9 Å². The van der Waals surface area contributed by atoms with E-state index in [1.165, 1.54) is 11.8 Å². The van der Waals surface area contributed by atoms with Gasteiger partial charge in [0.2, 0.25) is 0 Å². The van der Waals surface area contributed by atoms with Gasteiger partial charge in [0.05, 0.1) is 11.2 Å². The Hall–Kier alpha value is -1.85. The average Bonchev–Trinajstić information content (AvgIpc) is 3.06. The van der Waals surface area contributed by atoms with Gasteiger partial charge in [-0.2, -0.15) is 5.10 Å². The number of likely N-dealkylation sites (tertiary alicyclic amines) is 1. The molecule has 1 N–H and O–H groups in total. The lowest BCUT2D eigenvalue weighted by atomic mass is 10.0. The van der Waals surface area contributed by atoms with Gasteiger partial charge in [-0.15, -0.1) is 0 Å². The van der Waals surface area contributed by atoms with Gasteiger partial charge in [-0.3, -0.25) is 9.89 Å². The Morgan fingerprint density at radius 2 is 2.21 bits per heavy atom. The topological polar surface area (TPSA) is 52.2 Å². The number of nitrogens with one attached hydrogen (secondary N) is 1. The molecule has 0 saturated carbocycles. The predicted molar refractivity (Wildman–Crippen MR) is 95.3 cm³/mol. The highest BCUT2D eigenvalue weighted by Crippen LogP contribution is 2.19. The molecule has 1 aliphatic rings. The molecule has 2 aromatic rings. The van der Waals surface area contributed by atoms with Crippen molar-refractivity contribution in [2.24, 2.45) is 0 Å². The summed E-state index contributed by atoms with van der Waals surface area (Å²) in [5.41, 5.74) is 1.73. The van der Waals surface area contributed by atoms with E-state index in [0.29, 0.717) is 10.7 Å². The summed E-state index contributed by atoms with van der Waals surface area (Å²) in [4.78, 5) is 16.8. The fourth-order valence-corrected chi connectivity index (χ4v) is 3.42. The van der Waals surface area contributed by atoms with Gasteiger partial charge in [-0.05, 0) is 31.4 Å². The monoisotopic (exact) mass is 346 g/mol. The zero-order valence-corrected chi connectivity index (χ0v) is 14.7. The lowest BCUT2D eigenvalue weighted by molar-refractivity contribution is 0.0614. The van der Waals surface area contributed by atoms with Crippen molar-refractivity contribution in [1.82, 2.24) is 20.0 Å². The van der Waals surface area contributed by atoms with E-state index in [0.717, 1.165) is 38.9 Å². The number of benzene rings is 1. The highest BCUT2D eigenvalue weighted by Gasteiger charge is 2.28. The molecule has 3 rings (SSSR count). The molecule has 1 aromatic carbocycles. The first-order chi connectivity index (χ1) is 11.6. The molecule has 1 amide bonds. The first-order valence-electron chi connectivity index (χ1n) is 8.37. The van der Waals surface area contributed by atoms with Gasteiger partial charge in [0.15, 0.2) is 0 Å². The van der Waals surface area contributed by atoms with E-state index in [2.05, 4.69) is 39.4 Å². The van der Waals surface area contributed by atoms with Crippen LogP contribution in [0.4, 0.5) is 0 Å². The fraction of sp³-hybridized carbons (Fsp3) is 0.444. The standard InChI is InChI=1S/C18H23ClN4O/c1-22(18(24)17-16(19)12-20-21-17)15-8-5-10-23(13-15)11-9-14-6-3-2-4-7-14/h2-4,6-7,12,15H,5,8-11,13H2,1H3,(H,20,21)/t15-/m0/s1. The van der Waals surface area contributed by atoms with Crippen LogP contribution >= 0.6 is 11.6 Å². The van der Waals surface area contributed by atoms with Crippen molar-refractivity contribution in [1.29, 1.82) is 0 Å². The highest BCUT2D eigenvalue weighted by atomic mass is 35.5. The molecular weight excluding hydrogens is 324 g/mol. The Kier molecular flexibility index (Phi) is 5.53. The minimum Gasteiger partial charge on any atom is -0.336 e. The minimum atomic E-state index is -0.0904. The van der Waals surface area contributed by atoms with Gasteiger partial charge in [0.25, 0.3) is 5.91 Å². The minimum absolute atomic E-state index is 0.0904. The molecule has 0 spiro atoms. The van der Waals surface area contributed by atoms with E-state index in [4.69, 9.17) is 11.6 Å². The quantitative estimate of drug-likeness (QED) is 0.905. The summed E-state index contributed by atoms with van der Waals surface area (Å²) in [6.45, 7) is 3.02. The van der Waals surface area contributed by atoms with Crippen molar-refractivity contribution >= 4 is 17.5 Å². The van der Waals surface area contributed by atoms with Crippen molar-refractivity contribution in [3.63, 3.8) is 0 Å². The van der Waals surface area contributed by atoms with E-state index in [1.807, 2.05) is 13.1 Å². The number of nitrogens with zero attached hydrogens (tertiary/aromatic N) is 3. The van der Waals surface area contributed by atoms with E-state index < -0.39 is 0 Å². The van der Waals surface area contributed by atoms with E-state index in [9.17, 15) is 4.79 Å². The van der Waals surface area contributed by atoms with Crippen LogP contribution in [0.1, 0.15) is 28.9 Å². The molecule has 0 radical (unpaired) electrons. The van der Waals surface area contributed by atoms with Crippen molar-refractivity contribution in [3.05, 3.63) is 52.8 Å². The Morgan fingerprint density at radius 3 is 2.92 bits per heavy atom. The molecule has 1 aliphatic heterocycles. The maximum Gasteiger partial charge on any atom is 0.273 e. The molecule has 1 aromatic heterocycles. The number of aromatic amines is 1. The van der Waals surface area contributed by atoms with Gasteiger partial charge in [-0.25, -0.2) is 0 Å². The molecule has 0 aliphatic carbocycles. The predicted octanol–water partition coefficient (Wildman–Crippen LogP) is 2.84. The molecule has 128 valence electrons. The second-order valence-corrected chi connectivity index (χ2v) is 6.75. The summed E-state index contributed by atoms with van der Waals surface area (Å²) >= 11 is 6.01. The number of H-pyrrole nitrogens is 1. The van der Waals surface area contributed by atoms with E-state index in [1.54, 1.807) is 4.90 Å². The summed E-state index contributed by atoms with van der Waals surface area (Å²) in [6, 6.07) is 10.7. The molecule has 5 nitrogen and oxygen atoms in total. The molecule has 6 heteroatoms. The van der Waals surface area contributed by atoms with Crippen LogP contribution in [0.5, 0.6) is 0 Å². The Bertz CT molecular complexity index is 673. The van der Waals surface area contributed by atoms with Crippen molar-refractivity contribution in [2.45, 2.75) is 25.3 Å². The lowest BCUT2D eigenvalue weighted by Gasteiger charge is -2.37. The largest absolute Gasteiger partial charge is 0.336 e. The third-order valence-corrected chi connectivity index (χ3v) is 5.00. The summed E-state index contributed by atoms with van der Waals surface area (Å²) in [6.07, 6.45) is 4.64. The number of amides is 1. The zero-order chi connectivity index (χ0) is 16.9. The summed E-state index contributed by atoms with van der Waals surface area (Å²) in [5, 5.41) is 6.91. The SMILES string of the molecule is CN(C(=O)c1[nH]ncc1Cl)[C@H]1CCCN(CCc2ccccc2)C1. The number of aromatic nitrogens is 2. The number of carbonyl (C=O) groups is 1. The molecule has 24 heavy (non-hydrogen) atoms. The van der Waals surface area contributed by atoms with Gasteiger partial charge < -0.3 is 9.80 Å². The molecule has 2 heterocycles. The molecule has 1 atom stereocenters. The second-order valence-electron chi connectivity index (χ2n) is 6.34. The number of hydrogen-bond acceptors (Lipinski definition) is 3. The van der Waals surface area contributed by atoms with Crippen LogP contribution < -0.4 is 0 Å². The van der Waals surface area contributed by atoms with Crippen LogP contribution in [0.25, 0.3) is 0 Å². The van der Waals surface area contributed by atoms with Crippen LogP contribution in [0.15, 0.2) is 36.5 Å². The smallest absolute Gasteiger partial charge is 0.273 e.